The fourth-order valence-electron chi connectivity index (χ4n) is 12.3. The van der Waals surface area contributed by atoms with Crippen LogP contribution in [0, 0.1) is 0 Å². The summed E-state index contributed by atoms with van der Waals surface area (Å²) >= 11 is 0. The van der Waals surface area contributed by atoms with Crippen molar-refractivity contribution in [2.24, 2.45) is 0 Å². The van der Waals surface area contributed by atoms with Crippen molar-refractivity contribution in [3.05, 3.63) is 252 Å². The molecule has 0 radical (unpaired) electrons. The highest BCUT2D eigenvalue weighted by Gasteiger charge is 2.26. The van der Waals surface area contributed by atoms with Crippen LogP contribution in [0.15, 0.2) is 218 Å². The largest absolute Gasteiger partial charge is 0.496 e. The Bertz CT molecular complexity index is 4980. The van der Waals surface area contributed by atoms with Crippen molar-refractivity contribution in [3.63, 3.8) is 0 Å². The van der Waals surface area contributed by atoms with E-state index in [1.807, 2.05) is 133 Å². The summed E-state index contributed by atoms with van der Waals surface area (Å²) in [5.41, 5.74) is 10.8. The first kappa shape index (κ1) is 52.8. The number of rotatable bonds is 12. The van der Waals surface area contributed by atoms with Crippen LogP contribution in [0.1, 0.15) is 43.5 Å². The van der Waals surface area contributed by atoms with Gasteiger partial charge in [-0.25, -0.2) is 19.6 Å². The van der Waals surface area contributed by atoms with Crippen molar-refractivity contribution in [1.82, 2.24) is 19.9 Å². The van der Waals surface area contributed by atoms with Gasteiger partial charge in [0, 0.05) is 44.4 Å². The zero-order valence-electron chi connectivity index (χ0n) is 47.3. The van der Waals surface area contributed by atoms with Gasteiger partial charge in [-0.05, 0) is 151 Å². The molecule has 4 N–H and O–H groups in total. The lowest BCUT2D eigenvalue weighted by atomic mass is 9.92. The van der Waals surface area contributed by atoms with E-state index in [4.69, 9.17) is 28.9 Å². The van der Waals surface area contributed by atoms with Crippen LogP contribution in [0.3, 0.4) is 0 Å². The highest BCUT2D eigenvalue weighted by Crippen LogP contribution is 2.50. The number of fused-ring (bicyclic) bond motifs is 12. The summed E-state index contributed by atoms with van der Waals surface area (Å²) < 4.78 is 27.3. The number of hydrogen-bond acceptors (Lipinski definition) is 8. The van der Waals surface area contributed by atoms with Crippen LogP contribution in [0.2, 0.25) is 0 Å². The maximum atomic E-state index is 12.3. The average molecular weight is 1150 g/mol. The summed E-state index contributed by atoms with van der Waals surface area (Å²) in [5.74, 6) is 1.09. The standard InChI is InChI=1S/C76H50N4O8/c1-85-63-39-27-43-11-3-7-15-51(43)69(63)71-53-17-9-5-13-45(53)29-41-65(71)87-73-59-35-31-55(77-59)67(47-19-23-49(24-20-47)75(81)82)57-33-37-61(79-57)74(62-38-34-58(80-62)68(56-32-36-60(73)78-56)48-21-25-50(26-22-48)76(83)84)88-66-42-30-46-14-6-10-18-54(46)72(66)70-52-16-8-4-12-44(52)28-40-64(70)86-2/h3-42,77,80H,1-2H3,(H,81,82)(H,83,84). The molecule has 0 saturated carbocycles. The van der Waals surface area contributed by atoms with Crippen LogP contribution in [0.4, 0.5) is 0 Å². The number of hydrogen-bond donors (Lipinski definition) is 4. The molecule has 0 spiro atoms. The highest BCUT2D eigenvalue weighted by atomic mass is 16.5. The summed E-state index contributed by atoms with van der Waals surface area (Å²) in [6, 6.07) is 70.2. The Balaban J connectivity index is 1.04. The minimum atomic E-state index is -1.05. The number of aromatic amines is 2. The van der Waals surface area contributed by atoms with Gasteiger partial charge in [0.05, 0.1) is 47.8 Å². The zero-order chi connectivity index (χ0) is 59.6. The zero-order valence-corrected chi connectivity index (χ0v) is 47.3. The van der Waals surface area contributed by atoms with Crippen LogP contribution in [0.5, 0.6) is 34.5 Å². The van der Waals surface area contributed by atoms with Crippen molar-refractivity contribution in [3.8, 4) is 79.0 Å². The fraction of sp³-hybridized carbons (Fsp3) is 0.0263. The maximum Gasteiger partial charge on any atom is 0.335 e. The summed E-state index contributed by atoms with van der Waals surface area (Å²) in [5, 5.41) is 28.1. The van der Waals surface area contributed by atoms with Gasteiger partial charge in [0.25, 0.3) is 0 Å². The lowest BCUT2D eigenvalue weighted by molar-refractivity contribution is 0.0686. The van der Waals surface area contributed by atoms with E-state index in [0.29, 0.717) is 102 Å². The number of aromatic carboxylic acids is 2. The molecule has 0 unspecified atom stereocenters. The summed E-state index contributed by atoms with van der Waals surface area (Å²) in [6.07, 6.45) is 7.70. The van der Waals surface area contributed by atoms with Gasteiger partial charge < -0.3 is 39.1 Å². The average Bonchev–Trinajstić information content (AvgIpc) is 1.25. The maximum absolute atomic E-state index is 12.3. The molecule has 0 saturated heterocycles. The molecule has 15 rings (SSSR count). The third kappa shape index (κ3) is 9.11. The Hall–Kier alpha value is -12.0. The molecule has 0 amide bonds. The fourth-order valence-corrected chi connectivity index (χ4v) is 12.3. The van der Waals surface area contributed by atoms with E-state index in [2.05, 4.69) is 70.6 Å². The molecule has 3 aromatic heterocycles. The quantitative estimate of drug-likeness (QED) is 0.0924. The second-order valence-electron chi connectivity index (χ2n) is 21.4. The van der Waals surface area contributed by atoms with E-state index in [1.165, 1.54) is 0 Å². The van der Waals surface area contributed by atoms with Crippen molar-refractivity contribution < 1.29 is 38.7 Å². The number of nitrogens with one attached hydrogen (secondary N) is 2. The summed E-state index contributed by atoms with van der Waals surface area (Å²) in [7, 11) is 3.35. The number of carboxylic acids is 2. The number of methoxy groups -OCH3 is 2. The molecule has 0 atom stereocenters. The Kier molecular flexibility index (Phi) is 12.9. The number of ether oxygens (including phenoxy) is 4. The summed E-state index contributed by atoms with van der Waals surface area (Å²) in [4.78, 5) is 43.1. The van der Waals surface area contributed by atoms with E-state index in [0.717, 1.165) is 65.3 Å². The Labute approximate surface area is 503 Å². The second-order valence-corrected chi connectivity index (χ2v) is 21.4. The molecule has 5 heterocycles. The normalized spacial score (nSPS) is 11.8. The van der Waals surface area contributed by atoms with E-state index < -0.39 is 11.9 Å². The van der Waals surface area contributed by atoms with Gasteiger partial charge in [0.2, 0.25) is 0 Å². The second kappa shape index (κ2) is 21.6. The molecule has 88 heavy (non-hydrogen) atoms. The predicted octanol–water partition coefficient (Wildman–Crippen LogP) is 18.9. The third-order valence-electron chi connectivity index (χ3n) is 16.4. The number of nitrogens with zero attached hydrogens (tertiary/aromatic N) is 2. The van der Waals surface area contributed by atoms with Crippen molar-refractivity contribution >= 4 is 101 Å². The monoisotopic (exact) mass is 1150 g/mol. The van der Waals surface area contributed by atoms with Gasteiger partial charge in [0.15, 0.2) is 11.5 Å². The van der Waals surface area contributed by atoms with E-state index in [1.54, 1.807) is 62.8 Å². The topological polar surface area (TPSA) is 169 Å². The van der Waals surface area contributed by atoms with Crippen LogP contribution in [-0.4, -0.2) is 56.3 Å². The molecule has 2 aliphatic rings. The molecule has 8 bridgehead atoms. The van der Waals surface area contributed by atoms with Crippen LogP contribution >= 0.6 is 0 Å². The smallest absolute Gasteiger partial charge is 0.335 e. The molecule has 0 fully saturated rings. The molecule has 422 valence electrons. The molecule has 0 aliphatic carbocycles. The Morgan fingerprint density at radius 3 is 0.977 bits per heavy atom. The lowest BCUT2D eigenvalue weighted by Gasteiger charge is -2.19. The van der Waals surface area contributed by atoms with Gasteiger partial charge in [0.1, 0.15) is 34.4 Å². The molecule has 12 nitrogen and oxygen atoms in total. The lowest BCUT2D eigenvalue weighted by Crippen LogP contribution is -1.97. The Morgan fingerprint density at radius 2 is 0.636 bits per heavy atom. The summed E-state index contributed by atoms with van der Waals surface area (Å²) in [6.45, 7) is 0. The SMILES string of the molecule is COc1ccc2ccccc2c1-c1c(Oc2c3nc(c(-c4ccc(C(=O)O)cc4)c4ccc([nH]4)c(Oc4ccc5ccccc5c4-c4c(OC)ccc5ccccc45)c4nc(c(-c5ccc(C(=O)O)cc5)c5ccc2[nH]5)C=C4)C=C3)ccc2ccccc12. The number of carbonyl (C=O) groups is 2. The number of carboxylic acid groups (broad SMARTS) is 2. The molecular formula is C76H50N4O8. The van der Waals surface area contributed by atoms with Crippen LogP contribution in [-0.2, 0) is 0 Å². The third-order valence-corrected chi connectivity index (χ3v) is 16.4. The van der Waals surface area contributed by atoms with Crippen LogP contribution in [0.25, 0.3) is 134 Å². The molecule has 12 heteroatoms. The van der Waals surface area contributed by atoms with E-state index in [-0.39, 0.29) is 11.1 Å². The van der Waals surface area contributed by atoms with Gasteiger partial charge in [-0.15, -0.1) is 0 Å². The van der Waals surface area contributed by atoms with E-state index >= 15 is 0 Å². The van der Waals surface area contributed by atoms with Gasteiger partial charge >= 0.3 is 11.9 Å². The molecule has 10 aromatic carbocycles. The van der Waals surface area contributed by atoms with Gasteiger partial charge in [-0.3, -0.25) is 0 Å². The Morgan fingerprint density at radius 1 is 0.330 bits per heavy atom. The van der Waals surface area contributed by atoms with Crippen molar-refractivity contribution in [2.45, 2.75) is 0 Å². The van der Waals surface area contributed by atoms with Crippen LogP contribution < -0.4 is 18.9 Å². The van der Waals surface area contributed by atoms with Crippen molar-refractivity contribution in [2.75, 3.05) is 14.2 Å². The first-order valence-corrected chi connectivity index (χ1v) is 28.5. The highest BCUT2D eigenvalue weighted by molar-refractivity contribution is 6.12. The minimum Gasteiger partial charge on any atom is -0.496 e. The van der Waals surface area contributed by atoms with E-state index in [9.17, 15) is 19.8 Å². The number of aromatic nitrogens is 4. The number of H-pyrrole nitrogens is 2. The minimum absolute atomic E-state index is 0.131. The predicted molar refractivity (Wildman–Crippen MR) is 351 cm³/mol. The van der Waals surface area contributed by atoms with Crippen molar-refractivity contribution in [1.29, 1.82) is 0 Å². The van der Waals surface area contributed by atoms with Gasteiger partial charge in [-0.2, -0.15) is 0 Å². The molecule has 2 aliphatic heterocycles. The molecule has 13 aromatic rings. The first-order valence-electron chi connectivity index (χ1n) is 28.5. The molecular weight excluding hydrogens is 1100 g/mol. The first-order chi connectivity index (χ1) is 43.2. The van der Waals surface area contributed by atoms with Gasteiger partial charge in [-0.1, -0.05) is 146 Å². The number of benzene rings is 10.